The van der Waals surface area contributed by atoms with Gasteiger partial charge in [0.2, 0.25) is 5.88 Å². The van der Waals surface area contributed by atoms with Crippen molar-refractivity contribution in [3.63, 3.8) is 0 Å². The van der Waals surface area contributed by atoms with E-state index in [-0.39, 0.29) is 11.3 Å². The molecular weight excluding hydrogens is 375 g/mol. The van der Waals surface area contributed by atoms with Crippen LogP contribution in [-0.4, -0.2) is 15.0 Å². The van der Waals surface area contributed by atoms with Gasteiger partial charge in [-0.3, -0.25) is 4.98 Å². The van der Waals surface area contributed by atoms with Crippen LogP contribution in [0.25, 0.3) is 21.6 Å². The fraction of sp³-hybridized carbons (Fsp3) is 0.143. The van der Waals surface area contributed by atoms with Crippen molar-refractivity contribution in [1.82, 2.24) is 15.0 Å². The zero-order valence-corrected chi connectivity index (χ0v) is 15.5. The minimum Gasteiger partial charge on any atom is -0.435 e. The van der Waals surface area contributed by atoms with E-state index in [1.54, 1.807) is 23.7 Å². The zero-order chi connectivity index (χ0) is 19.1. The van der Waals surface area contributed by atoms with Crippen molar-refractivity contribution in [2.24, 2.45) is 0 Å². The third-order valence-corrected chi connectivity index (χ3v) is 5.90. The summed E-state index contributed by atoms with van der Waals surface area (Å²) < 4.78 is 20.3. The number of fused-ring (bicyclic) bond motifs is 3. The molecule has 5 rings (SSSR count). The second-order valence-electron chi connectivity index (χ2n) is 6.49. The van der Waals surface area contributed by atoms with E-state index < -0.39 is 5.82 Å². The second-order valence-corrected chi connectivity index (χ2v) is 7.57. The van der Waals surface area contributed by atoms with Crippen LogP contribution in [0.2, 0.25) is 0 Å². The molecule has 1 aliphatic carbocycles. The molecule has 0 aliphatic heterocycles. The summed E-state index contributed by atoms with van der Waals surface area (Å²) in [6.07, 6.45) is 6.42. The van der Waals surface area contributed by atoms with Crippen molar-refractivity contribution >= 4 is 21.6 Å². The van der Waals surface area contributed by atoms with Crippen LogP contribution in [0.15, 0.2) is 42.7 Å². The molecule has 3 heterocycles. The van der Waals surface area contributed by atoms with Gasteiger partial charge >= 0.3 is 0 Å². The minimum absolute atomic E-state index is 0.0362. The Kier molecular flexibility index (Phi) is 3.99. The molecule has 4 aromatic rings. The normalized spacial score (nSPS) is 12.7. The number of halogens is 1. The van der Waals surface area contributed by atoms with Crippen molar-refractivity contribution in [2.75, 3.05) is 0 Å². The van der Waals surface area contributed by atoms with Crippen LogP contribution in [0.1, 0.15) is 22.4 Å². The largest absolute Gasteiger partial charge is 0.435 e. The molecule has 0 N–H and O–H groups in total. The van der Waals surface area contributed by atoms with E-state index in [1.165, 1.54) is 22.6 Å². The average Bonchev–Trinajstić information content (AvgIpc) is 3.31. The second kappa shape index (κ2) is 6.66. The molecule has 0 spiro atoms. The summed E-state index contributed by atoms with van der Waals surface area (Å²) in [4.78, 5) is 15.6. The van der Waals surface area contributed by atoms with Crippen molar-refractivity contribution in [1.29, 1.82) is 5.26 Å². The molecule has 0 bridgehead atoms. The fourth-order valence-electron chi connectivity index (χ4n) is 3.42. The highest BCUT2D eigenvalue weighted by molar-refractivity contribution is 7.19. The number of aromatic nitrogens is 3. The number of rotatable bonds is 3. The van der Waals surface area contributed by atoms with Crippen LogP contribution in [0.5, 0.6) is 11.6 Å². The Morgan fingerprint density at radius 3 is 2.89 bits per heavy atom. The summed E-state index contributed by atoms with van der Waals surface area (Å²) in [6, 6.07) is 9.76. The van der Waals surface area contributed by atoms with Crippen LogP contribution in [-0.2, 0) is 12.8 Å². The van der Waals surface area contributed by atoms with Crippen LogP contribution in [0.4, 0.5) is 4.39 Å². The van der Waals surface area contributed by atoms with Crippen LogP contribution < -0.4 is 4.74 Å². The topological polar surface area (TPSA) is 71.7 Å². The van der Waals surface area contributed by atoms with Gasteiger partial charge in [-0.15, -0.1) is 11.3 Å². The highest BCUT2D eigenvalue weighted by Crippen LogP contribution is 2.42. The van der Waals surface area contributed by atoms with Crippen molar-refractivity contribution < 1.29 is 9.13 Å². The molecular formula is C21H13FN4OS. The maximum Gasteiger partial charge on any atom is 0.232 e. The monoisotopic (exact) mass is 388 g/mol. The molecule has 0 radical (unpaired) electrons. The average molecular weight is 388 g/mol. The number of nitrogens with zero attached hydrogens (tertiary/aromatic N) is 4. The van der Waals surface area contributed by atoms with E-state index in [2.05, 4.69) is 9.97 Å². The standard InChI is InChI=1S/C21H13FN4OS/c22-15-9-12(10-23)6-7-16(15)27-20-18-14-4-1-5-17(14)28-21(18)26-19(25-20)13-3-2-8-24-11-13/h2-3,6-9,11H,1,4-5H2. The first kappa shape index (κ1) is 16.8. The lowest BCUT2D eigenvalue weighted by molar-refractivity contribution is 0.432. The van der Waals surface area contributed by atoms with Gasteiger partial charge in [-0.1, -0.05) is 0 Å². The van der Waals surface area contributed by atoms with E-state index in [0.29, 0.717) is 11.7 Å². The number of benzene rings is 1. The van der Waals surface area contributed by atoms with Gasteiger partial charge in [0.1, 0.15) is 4.83 Å². The molecule has 5 nitrogen and oxygen atoms in total. The van der Waals surface area contributed by atoms with Gasteiger partial charge in [0.05, 0.1) is 17.0 Å². The number of pyridine rings is 1. The third-order valence-electron chi connectivity index (χ3n) is 4.72. The summed E-state index contributed by atoms with van der Waals surface area (Å²) in [7, 11) is 0. The van der Waals surface area contributed by atoms with Gasteiger partial charge < -0.3 is 4.74 Å². The lowest BCUT2D eigenvalue weighted by Crippen LogP contribution is -1.97. The molecule has 1 aromatic carbocycles. The Labute approximate surface area is 164 Å². The summed E-state index contributed by atoms with van der Waals surface area (Å²) in [5, 5.41) is 9.80. The van der Waals surface area contributed by atoms with Crippen molar-refractivity contribution in [2.45, 2.75) is 19.3 Å². The molecule has 0 unspecified atom stereocenters. The summed E-state index contributed by atoms with van der Waals surface area (Å²) >= 11 is 1.64. The molecule has 0 saturated carbocycles. The molecule has 0 amide bonds. The van der Waals surface area contributed by atoms with Crippen molar-refractivity contribution in [3.05, 3.63) is 64.5 Å². The maximum absolute atomic E-state index is 14.4. The first-order valence-corrected chi connectivity index (χ1v) is 9.65. The molecule has 136 valence electrons. The van der Waals surface area contributed by atoms with Gasteiger partial charge in [0.25, 0.3) is 0 Å². The highest BCUT2D eigenvalue weighted by atomic mass is 32.1. The number of ether oxygens (including phenoxy) is 1. The molecule has 0 fully saturated rings. The summed E-state index contributed by atoms with van der Waals surface area (Å²) in [5.41, 5.74) is 2.20. The lowest BCUT2D eigenvalue weighted by atomic mass is 10.2. The number of hydrogen-bond acceptors (Lipinski definition) is 6. The molecule has 28 heavy (non-hydrogen) atoms. The molecule has 7 heteroatoms. The van der Waals surface area contributed by atoms with E-state index in [4.69, 9.17) is 15.0 Å². The van der Waals surface area contributed by atoms with Gasteiger partial charge in [0, 0.05) is 22.8 Å². The SMILES string of the molecule is N#Cc1ccc(Oc2nc(-c3cccnc3)nc3sc4c(c23)CCC4)c(F)c1. The van der Waals surface area contributed by atoms with Gasteiger partial charge in [-0.05, 0) is 55.2 Å². The fourth-order valence-corrected chi connectivity index (χ4v) is 4.67. The number of nitriles is 1. The first-order valence-electron chi connectivity index (χ1n) is 8.83. The Morgan fingerprint density at radius 2 is 2.11 bits per heavy atom. The van der Waals surface area contributed by atoms with Crippen LogP contribution in [0.3, 0.4) is 0 Å². The summed E-state index contributed by atoms with van der Waals surface area (Å²) in [6.45, 7) is 0. The lowest BCUT2D eigenvalue weighted by Gasteiger charge is -2.10. The predicted molar refractivity (Wildman–Crippen MR) is 104 cm³/mol. The zero-order valence-electron chi connectivity index (χ0n) is 14.6. The molecule has 1 aliphatic rings. The van der Waals surface area contributed by atoms with E-state index >= 15 is 0 Å². The number of hydrogen-bond donors (Lipinski definition) is 0. The minimum atomic E-state index is -0.597. The van der Waals surface area contributed by atoms with E-state index in [9.17, 15) is 4.39 Å². The highest BCUT2D eigenvalue weighted by Gasteiger charge is 2.24. The molecule has 0 saturated heterocycles. The van der Waals surface area contributed by atoms with Crippen LogP contribution in [0, 0.1) is 17.1 Å². The summed E-state index contributed by atoms with van der Waals surface area (Å²) in [5.74, 6) is 0.270. The quantitative estimate of drug-likeness (QED) is 0.491. The third kappa shape index (κ3) is 2.79. The Bertz CT molecular complexity index is 1250. The predicted octanol–water partition coefficient (Wildman–Crippen LogP) is 5.05. The van der Waals surface area contributed by atoms with Crippen LogP contribution >= 0.6 is 11.3 Å². The Balaban J connectivity index is 1.69. The van der Waals surface area contributed by atoms with Gasteiger partial charge in [-0.2, -0.15) is 10.2 Å². The van der Waals surface area contributed by atoms with E-state index in [1.807, 2.05) is 18.2 Å². The molecule has 3 aromatic heterocycles. The number of aryl methyl sites for hydroxylation is 2. The smallest absolute Gasteiger partial charge is 0.232 e. The molecule has 0 atom stereocenters. The van der Waals surface area contributed by atoms with Gasteiger partial charge in [-0.25, -0.2) is 9.37 Å². The first-order chi connectivity index (χ1) is 13.7. The Morgan fingerprint density at radius 1 is 1.18 bits per heavy atom. The Hall–Kier alpha value is -3.37. The number of thiophene rings is 1. The van der Waals surface area contributed by atoms with Gasteiger partial charge in [0.15, 0.2) is 17.4 Å². The van der Waals surface area contributed by atoms with Crippen molar-refractivity contribution in [3.8, 4) is 29.1 Å². The maximum atomic E-state index is 14.4. The van der Waals surface area contributed by atoms with E-state index in [0.717, 1.165) is 41.1 Å².